The first-order valence-electron chi connectivity index (χ1n) is 10.4. The second-order valence-electron chi connectivity index (χ2n) is 7.66. The maximum absolute atomic E-state index is 11.5. The molecule has 1 aromatic heterocycles. The third-order valence-corrected chi connectivity index (χ3v) is 5.70. The number of carbonyl (C=O) groups is 1. The van der Waals surface area contributed by atoms with Gasteiger partial charge < -0.3 is 20.7 Å². The van der Waals surface area contributed by atoms with Crippen LogP contribution in [0.3, 0.4) is 0 Å². The average molecular weight is 431 g/mol. The number of hydrogen-bond donors (Lipinski definition) is 2. The number of rotatable bonds is 7. The standard InChI is InChI=1S/C21H27ClN6O2/c22-18-14-19(26-21(23)25-18)28-10-8-27(9-11-28)7-1-2-12-30-16-5-3-15-4-6-20(29)24-17(15)13-16/h3,5,13-14H,1-2,4,6-12H2,(H,24,29)(H2,23,25,26). The van der Waals surface area contributed by atoms with Crippen molar-refractivity contribution in [3.05, 3.63) is 35.0 Å². The van der Waals surface area contributed by atoms with Crippen molar-refractivity contribution in [1.29, 1.82) is 0 Å². The monoisotopic (exact) mass is 430 g/mol. The van der Waals surface area contributed by atoms with Crippen LogP contribution in [0.5, 0.6) is 5.75 Å². The molecular weight excluding hydrogens is 404 g/mol. The van der Waals surface area contributed by atoms with E-state index in [1.165, 1.54) is 5.56 Å². The Morgan fingerprint density at radius 1 is 1.10 bits per heavy atom. The molecule has 0 bridgehead atoms. The molecular formula is C21H27ClN6O2. The molecule has 0 saturated carbocycles. The first kappa shape index (κ1) is 20.7. The molecule has 0 unspecified atom stereocenters. The van der Waals surface area contributed by atoms with E-state index in [0.717, 1.165) is 69.2 Å². The summed E-state index contributed by atoms with van der Waals surface area (Å²) >= 11 is 5.98. The lowest BCUT2D eigenvalue weighted by Gasteiger charge is -2.35. The first-order chi connectivity index (χ1) is 14.6. The molecule has 3 N–H and O–H groups in total. The molecule has 2 aromatic rings. The molecule has 1 aromatic carbocycles. The molecule has 0 atom stereocenters. The van der Waals surface area contributed by atoms with Crippen molar-refractivity contribution in [2.45, 2.75) is 25.7 Å². The molecule has 0 aliphatic carbocycles. The van der Waals surface area contributed by atoms with Gasteiger partial charge in [-0.05, 0) is 37.4 Å². The van der Waals surface area contributed by atoms with Gasteiger partial charge in [-0.25, -0.2) is 4.98 Å². The minimum atomic E-state index is 0.0750. The van der Waals surface area contributed by atoms with E-state index < -0.39 is 0 Å². The van der Waals surface area contributed by atoms with E-state index in [0.29, 0.717) is 18.2 Å². The number of amides is 1. The van der Waals surface area contributed by atoms with E-state index in [2.05, 4.69) is 25.1 Å². The second-order valence-corrected chi connectivity index (χ2v) is 8.05. The van der Waals surface area contributed by atoms with Gasteiger partial charge in [0, 0.05) is 50.4 Å². The molecule has 0 spiro atoms. The van der Waals surface area contributed by atoms with Gasteiger partial charge in [0.05, 0.1) is 6.61 Å². The maximum Gasteiger partial charge on any atom is 0.224 e. The van der Waals surface area contributed by atoms with Crippen molar-refractivity contribution < 1.29 is 9.53 Å². The lowest BCUT2D eigenvalue weighted by atomic mass is 10.0. The number of carbonyl (C=O) groups excluding carboxylic acids is 1. The number of aromatic nitrogens is 2. The number of benzene rings is 1. The fourth-order valence-electron chi connectivity index (χ4n) is 3.85. The quantitative estimate of drug-likeness (QED) is 0.514. The summed E-state index contributed by atoms with van der Waals surface area (Å²) in [5, 5.41) is 3.29. The Bertz CT molecular complexity index is 881. The Hall–Kier alpha value is -2.58. The molecule has 1 saturated heterocycles. The number of nitrogens with zero attached hydrogens (tertiary/aromatic N) is 4. The van der Waals surface area contributed by atoms with E-state index in [1.54, 1.807) is 6.07 Å². The largest absolute Gasteiger partial charge is 0.494 e. The Morgan fingerprint density at radius 3 is 2.73 bits per heavy atom. The van der Waals surface area contributed by atoms with Crippen LogP contribution in [0.4, 0.5) is 17.5 Å². The van der Waals surface area contributed by atoms with Crippen molar-refractivity contribution in [3.63, 3.8) is 0 Å². The number of nitrogens with one attached hydrogen (secondary N) is 1. The molecule has 2 aliphatic rings. The molecule has 8 nitrogen and oxygen atoms in total. The van der Waals surface area contributed by atoms with Gasteiger partial charge in [0.15, 0.2) is 0 Å². The Morgan fingerprint density at radius 2 is 1.93 bits per heavy atom. The van der Waals surface area contributed by atoms with Gasteiger partial charge in [-0.3, -0.25) is 9.69 Å². The summed E-state index contributed by atoms with van der Waals surface area (Å²) in [7, 11) is 0. The number of hydrogen-bond acceptors (Lipinski definition) is 7. The molecule has 30 heavy (non-hydrogen) atoms. The molecule has 2 aliphatic heterocycles. The molecule has 0 radical (unpaired) electrons. The zero-order valence-corrected chi connectivity index (χ0v) is 17.7. The molecule has 160 valence electrons. The Kier molecular flexibility index (Phi) is 6.54. The van der Waals surface area contributed by atoms with Gasteiger partial charge in [0.1, 0.15) is 16.7 Å². The zero-order chi connectivity index (χ0) is 20.9. The summed E-state index contributed by atoms with van der Waals surface area (Å²) in [6.45, 7) is 5.46. The van der Waals surface area contributed by atoms with Crippen molar-refractivity contribution >= 4 is 35.0 Å². The molecule has 1 amide bonds. The first-order valence-corrected chi connectivity index (χ1v) is 10.8. The number of fused-ring (bicyclic) bond motifs is 1. The van der Waals surface area contributed by atoms with Crippen LogP contribution in [0.1, 0.15) is 24.8 Å². The van der Waals surface area contributed by atoms with E-state index in [-0.39, 0.29) is 11.9 Å². The van der Waals surface area contributed by atoms with Crippen molar-refractivity contribution in [2.75, 3.05) is 55.3 Å². The second kappa shape index (κ2) is 9.49. The van der Waals surface area contributed by atoms with E-state index in [4.69, 9.17) is 22.1 Å². The van der Waals surface area contributed by atoms with Crippen LogP contribution in [0, 0.1) is 0 Å². The molecule has 1 fully saturated rings. The Labute approximate surface area is 181 Å². The van der Waals surface area contributed by atoms with Gasteiger partial charge >= 0.3 is 0 Å². The highest BCUT2D eigenvalue weighted by Crippen LogP contribution is 2.27. The molecule has 9 heteroatoms. The van der Waals surface area contributed by atoms with Crippen molar-refractivity contribution in [2.24, 2.45) is 0 Å². The van der Waals surface area contributed by atoms with Crippen LogP contribution < -0.4 is 20.7 Å². The van der Waals surface area contributed by atoms with Gasteiger partial charge in [-0.15, -0.1) is 0 Å². The van der Waals surface area contributed by atoms with Crippen LogP contribution in [-0.2, 0) is 11.2 Å². The van der Waals surface area contributed by atoms with Gasteiger partial charge in [0.25, 0.3) is 0 Å². The van der Waals surface area contributed by atoms with E-state index >= 15 is 0 Å². The summed E-state index contributed by atoms with van der Waals surface area (Å²) in [5.74, 6) is 1.89. The third-order valence-electron chi connectivity index (χ3n) is 5.51. The number of piperazine rings is 1. The number of nitrogens with two attached hydrogens (primary N) is 1. The Balaban J connectivity index is 1.15. The van der Waals surface area contributed by atoms with Gasteiger partial charge in [0.2, 0.25) is 11.9 Å². The van der Waals surface area contributed by atoms with Gasteiger partial charge in [-0.1, -0.05) is 17.7 Å². The van der Waals surface area contributed by atoms with E-state index in [9.17, 15) is 4.79 Å². The predicted octanol–water partition coefficient (Wildman–Crippen LogP) is 2.58. The third kappa shape index (κ3) is 5.31. The zero-order valence-electron chi connectivity index (χ0n) is 16.9. The van der Waals surface area contributed by atoms with Gasteiger partial charge in [-0.2, -0.15) is 4.98 Å². The number of ether oxygens (including phenoxy) is 1. The summed E-state index contributed by atoms with van der Waals surface area (Å²) in [4.78, 5) is 24.4. The van der Waals surface area contributed by atoms with Crippen molar-refractivity contribution in [3.8, 4) is 5.75 Å². The van der Waals surface area contributed by atoms with Crippen LogP contribution in [-0.4, -0.2) is 60.1 Å². The van der Waals surface area contributed by atoms with Crippen LogP contribution in [0.15, 0.2) is 24.3 Å². The minimum Gasteiger partial charge on any atom is -0.494 e. The average Bonchev–Trinajstić information content (AvgIpc) is 2.73. The summed E-state index contributed by atoms with van der Waals surface area (Å²) in [6, 6.07) is 7.72. The highest BCUT2D eigenvalue weighted by molar-refractivity contribution is 6.29. The number of halogens is 1. The number of unbranched alkanes of at least 4 members (excludes halogenated alkanes) is 1. The summed E-state index contributed by atoms with van der Waals surface area (Å²) in [6.07, 6.45) is 3.42. The van der Waals surface area contributed by atoms with Crippen molar-refractivity contribution in [1.82, 2.24) is 14.9 Å². The smallest absolute Gasteiger partial charge is 0.224 e. The fourth-order valence-corrected chi connectivity index (χ4v) is 4.04. The number of anilines is 3. The lowest BCUT2D eigenvalue weighted by molar-refractivity contribution is -0.116. The SMILES string of the molecule is Nc1nc(Cl)cc(N2CCN(CCCCOc3ccc4c(c3)NC(=O)CC4)CC2)n1. The molecule has 4 rings (SSSR count). The lowest BCUT2D eigenvalue weighted by Crippen LogP contribution is -2.47. The number of aryl methyl sites for hydroxylation is 1. The normalized spacial score (nSPS) is 16.8. The summed E-state index contributed by atoms with van der Waals surface area (Å²) < 4.78 is 5.88. The fraction of sp³-hybridized carbons (Fsp3) is 0.476. The highest BCUT2D eigenvalue weighted by Gasteiger charge is 2.19. The van der Waals surface area contributed by atoms with Crippen LogP contribution in [0.2, 0.25) is 5.15 Å². The van der Waals surface area contributed by atoms with Crippen LogP contribution in [0.25, 0.3) is 0 Å². The minimum absolute atomic E-state index is 0.0750. The topological polar surface area (TPSA) is 96.6 Å². The molecule has 3 heterocycles. The number of nitrogen functional groups attached to an aromatic ring is 1. The van der Waals surface area contributed by atoms with Crippen LogP contribution >= 0.6 is 11.6 Å². The highest BCUT2D eigenvalue weighted by atomic mass is 35.5. The van der Waals surface area contributed by atoms with E-state index in [1.807, 2.05) is 18.2 Å². The summed E-state index contributed by atoms with van der Waals surface area (Å²) in [5.41, 5.74) is 7.75. The predicted molar refractivity (Wildman–Crippen MR) is 118 cm³/mol. The maximum atomic E-state index is 11.5.